The number of aromatic amines is 1. The van der Waals surface area contributed by atoms with Gasteiger partial charge in [0.2, 0.25) is 0 Å². The molecule has 1 amide bonds. The summed E-state index contributed by atoms with van der Waals surface area (Å²) in [6.07, 6.45) is 4.93. The number of amides is 1. The zero-order chi connectivity index (χ0) is 23.2. The molecule has 8 heteroatoms. The van der Waals surface area contributed by atoms with Crippen LogP contribution >= 0.6 is 0 Å². The largest absolute Gasteiger partial charge is 0.497 e. The van der Waals surface area contributed by atoms with Crippen molar-refractivity contribution in [3.05, 3.63) is 71.9 Å². The van der Waals surface area contributed by atoms with E-state index in [9.17, 15) is 4.79 Å². The lowest BCUT2D eigenvalue weighted by Gasteiger charge is -2.09. The molecule has 4 rings (SSSR count). The van der Waals surface area contributed by atoms with Gasteiger partial charge in [-0.3, -0.25) is 9.78 Å². The maximum Gasteiger partial charge on any atom is 0.267 e. The number of nitrogens with zero attached hydrogens (tertiary/aromatic N) is 4. The van der Waals surface area contributed by atoms with Crippen molar-refractivity contribution in [3.63, 3.8) is 0 Å². The number of pyridine rings is 1. The molecule has 0 saturated carbocycles. The van der Waals surface area contributed by atoms with Crippen molar-refractivity contribution in [2.45, 2.75) is 12.8 Å². The molecule has 0 fully saturated rings. The number of rotatable bonds is 9. The topological polar surface area (TPSA) is 96.0 Å². The number of methoxy groups -OCH3 is 1. The predicted octanol–water partition coefficient (Wildman–Crippen LogP) is 3.30. The number of hydrogen-bond acceptors (Lipinski definition) is 6. The molecule has 1 aromatic carbocycles. The fraction of sp³-hybridized carbons (Fsp3) is 0.280. The van der Waals surface area contributed by atoms with Crippen molar-refractivity contribution in [1.82, 2.24) is 30.2 Å². The molecule has 0 radical (unpaired) electrons. The van der Waals surface area contributed by atoms with Crippen molar-refractivity contribution in [1.29, 1.82) is 0 Å². The van der Waals surface area contributed by atoms with Crippen LogP contribution in [0.15, 0.2) is 54.9 Å². The van der Waals surface area contributed by atoms with Gasteiger partial charge in [0, 0.05) is 42.3 Å². The van der Waals surface area contributed by atoms with Crippen LogP contribution in [-0.4, -0.2) is 65.0 Å². The Bertz CT molecular complexity index is 1250. The average molecular weight is 445 g/mol. The van der Waals surface area contributed by atoms with Gasteiger partial charge in [0.25, 0.3) is 5.91 Å². The summed E-state index contributed by atoms with van der Waals surface area (Å²) in [5.41, 5.74) is 4.03. The van der Waals surface area contributed by atoms with Crippen LogP contribution in [-0.2, 0) is 6.42 Å². The van der Waals surface area contributed by atoms with E-state index in [1.165, 1.54) is 0 Å². The molecule has 0 unspecified atom stereocenters. The standard InChI is InChI=1S/C25H28N6O2/c1-31(2)12-4-9-28-25(32)23-15-18-13-17(5-6-20(18)29-23)14-24-27-11-8-21(30-24)22-16-19(33-3)7-10-26-22/h5-8,10-11,13,15-16,29H,4,9,12,14H2,1-3H3,(H,28,32). The first-order chi connectivity index (χ1) is 16.0. The first kappa shape index (κ1) is 22.4. The smallest absolute Gasteiger partial charge is 0.267 e. The van der Waals surface area contributed by atoms with Gasteiger partial charge in [-0.05, 0) is 63.0 Å². The highest BCUT2D eigenvalue weighted by Gasteiger charge is 2.11. The Hall–Kier alpha value is -3.78. The summed E-state index contributed by atoms with van der Waals surface area (Å²) >= 11 is 0. The zero-order valence-electron chi connectivity index (χ0n) is 19.1. The van der Waals surface area contributed by atoms with Gasteiger partial charge in [-0.2, -0.15) is 0 Å². The Morgan fingerprint density at radius 2 is 1.91 bits per heavy atom. The fourth-order valence-corrected chi connectivity index (χ4v) is 3.59. The van der Waals surface area contributed by atoms with Gasteiger partial charge in [-0.15, -0.1) is 0 Å². The Labute approximate surface area is 193 Å². The summed E-state index contributed by atoms with van der Waals surface area (Å²) in [6, 6.07) is 13.5. The third-order valence-electron chi connectivity index (χ3n) is 5.29. The minimum Gasteiger partial charge on any atom is -0.497 e. The molecule has 0 aliphatic carbocycles. The van der Waals surface area contributed by atoms with Crippen LogP contribution in [0.5, 0.6) is 5.75 Å². The lowest BCUT2D eigenvalue weighted by molar-refractivity contribution is 0.0948. The fourth-order valence-electron chi connectivity index (χ4n) is 3.59. The van der Waals surface area contributed by atoms with Gasteiger partial charge < -0.3 is 19.9 Å². The van der Waals surface area contributed by atoms with Crippen LogP contribution in [0.25, 0.3) is 22.3 Å². The molecule has 170 valence electrons. The highest BCUT2D eigenvalue weighted by Crippen LogP contribution is 2.21. The molecule has 0 atom stereocenters. The number of benzene rings is 1. The number of ether oxygens (including phenoxy) is 1. The second-order valence-corrected chi connectivity index (χ2v) is 8.13. The molecular weight excluding hydrogens is 416 g/mol. The average Bonchev–Trinajstić information content (AvgIpc) is 3.25. The summed E-state index contributed by atoms with van der Waals surface area (Å²) in [5, 5.41) is 3.95. The van der Waals surface area contributed by atoms with Gasteiger partial charge >= 0.3 is 0 Å². The maximum atomic E-state index is 12.5. The number of fused-ring (bicyclic) bond motifs is 1. The highest BCUT2D eigenvalue weighted by molar-refractivity contribution is 5.98. The van der Waals surface area contributed by atoms with E-state index in [-0.39, 0.29) is 5.91 Å². The van der Waals surface area contributed by atoms with Crippen LogP contribution in [0.4, 0.5) is 0 Å². The van der Waals surface area contributed by atoms with Crippen LogP contribution < -0.4 is 10.1 Å². The first-order valence-electron chi connectivity index (χ1n) is 10.9. The van der Waals surface area contributed by atoms with Crippen molar-refractivity contribution in [3.8, 4) is 17.1 Å². The molecule has 0 bridgehead atoms. The molecule has 0 aliphatic rings. The second-order valence-electron chi connectivity index (χ2n) is 8.13. The second kappa shape index (κ2) is 10.2. The lowest BCUT2D eigenvalue weighted by Crippen LogP contribution is -2.27. The van der Waals surface area contributed by atoms with Crippen molar-refractivity contribution in [2.24, 2.45) is 0 Å². The van der Waals surface area contributed by atoms with E-state index in [2.05, 4.69) is 36.2 Å². The molecule has 4 aromatic rings. The summed E-state index contributed by atoms with van der Waals surface area (Å²) in [6.45, 7) is 1.58. The Balaban J connectivity index is 1.46. The minimum absolute atomic E-state index is 0.0895. The van der Waals surface area contributed by atoms with Crippen LogP contribution in [0.3, 0.4) is 0 Å². The molecular formula is C25H28N6O2. The SMILES string of the molecule is COc1ccnc(-c2ccnc(Cc3ccc4[nH]c(C(=O)NCCCN(C)C)cc4c3)n2)c1. The van der Waals surface area contributed by atoms with Crippen LogP contribution in [0.1, 0.15) is 28.3 Å². The molecule has 33 heavy (non-hydrogen) atoms. The minimum atomic E-state index is -0.0895. The van der Waals surface area contributed by atoms with Crippen LogP contribution in [0, 0.1) is 0 Å². The molecule has 0 spiro atoms. The van der Waals surface area contributed by atoms with E-state index in [0.29, 0.717) is 24.5 Å². The molecule has 3 heterocycles. The Morgan fingerprint density at radius 1 is 1.06 bits per heavy atom. The van der Waals surface area contributed by atoms with Crippen LogP contribution in [0.2, 0.25) is 0 Å². The number of carbonyl (C=O) groups excluding carboxylic acids is 1. The van der Waals surface area contributed by atoms with Gasteiger partial charge in [0.15, 0.2) is 0 Å². The monoisotopic (exact) mass is 444 g/mol. The molecule has 2 N–H and O–H groups in total. The summed E-state index contributed by atoms with van der Waals surface area (Å²) in [4.78, 5) is 31.3. The highest BCUT2D eigenvalue weighted by atomic mass is 16.5. The van der Waals surface area contributed by atoms with Gasteiger partial charge in [-0.1, -0.05) is 6.07 Å². The Kier molecular flexibility index (Phi) is 6.95. The van der Waals surface area contributed by atoms with E-state index in [1.54, 1.807) is 25.6 Å². The predicted molar refractivity (Wildman–Crippen MR) is 128 cm³/mol. The molecule has 0 saturated heterocycles. The number of hydrogen-bond donors (Lipinski definition) is 2. The van der Waals surface area contributed by atoms with Crippen molar-refractivity contribution in [2.75, 3.05) is 34.3 Å². The third-order valence-corrected chi connectivity index (χ3v) is 5.29. The molecule has 8 nitrogen and oxygen atoms in total. The van der Waals surface area contributed by atoms with E-state index in [4.69, 9.17) is 4.74 Å². The van der Waals surface area contributed by atoms with E-state index in [0.717, 1.165) is 46.6 Å². The zero-order valence-corrected chi connectivity index (χ0v) is 19.1. The number of carbonyl (C=O) groups is 1. The number of H-pyrrole nitrogens is 1. The van der Waals surface area contributed by atoms with E-state index < -0.39 is 0 Å². The first-order valence-corrected chi connectivity index (χ1v) is 10.9. The quantitative estimate of drug-likeness (QED) is 0.385. The Morgan fingerprint density at radius 3 is 2.73 bits per heavy atom. The van der Waals surface area contributed by atoms with E-state index in [1.807, 2.05) is 44.4 Å². The molecule has 0 aliphatic heterocycles. The summed E-state index contributed by atoms with van der Waals surface area (Å²) < 4.78 is 5.28. The number of nitrogens with one attached hydrogen (secondary N) is 2. The maximum absolute atomic E-state index is 12.5. The summed E-state index contributed by atoms with van der Waals surface area (Å²) in [5.74, 6) is 1.34. The lowest BCUT2D eigenvalue weighted by atomic mass is 10.1. The van der Waals surface area contributed by atoms with Crippen molar-refractivity contribution >= 4 is 16.8 Å². The normalized spacial score (nSPS) is 11.2. The van der Waals surface area contributed by atoms with Gasteiger partial charge in [0.05, 0.1) is 18.5 Å². The number of aromatic nitrogens is 4. The van der Waals surface area contributed by atoms with Gasteiger partial charge in [-0.25, -0.2) is 9.97 Å². The third kappa shape index (κ3) is 5.72. The van der Waals surface area contributed by atoms with Gasteiger partial charge in [0.1, 0.15) is 17.3 Å². The van der Waals surface area contributed by atoms with E-state index >= 15 is 0 Å². The summed E-state index contributed by atoms with van der Waals surface area (Å²) in [7, 11) is 5.67. The molecule has 3 aromatic heterocycles. The van der Waals surface area contributed by atoms with Crippen molar-refractivity contribution < 1.29 is 9.53 Å².